The summed E-state index contributed by atoms with van der Waals surface area (Å²) in [6.45, 7) is 5.81. The number of sulfonamides is 1. The first-order valence-electron chi connectivity index (χ1n) is 8.84. The Morgan fingerprint density at radius 2 is 2.00 bits per heavy atom. The Balaban J connectivity index is 1.79. The predicted octanol–water partition coefficient (Wildman–Crippen LogP) is 1.96. The van der Waals surface area contributed by atoms with Crippen molar-refractivity contribution in [1.82, 2.24) is 14.6 Å². The highest BCUT2D eigenvalue weighted by molar-refractivity contribution is 7.90. The van der Waals surface area contributed by atoms with Gasteiger partial charge in [0.25, 0.3) is 21.8 Å². The van der Waals surface area contributed by atoms with E-state index in [1.165, 1.54) is 18.2 Å². The number of benzene rings is 1. The lowest BCUT2D eigenvalue weighted by molar-refractivity contribution is 0.0845. The molecule has 148 valence electrons. The predicted molar refractivity (Wildman–Crippen MR) is 102 cm³/mol. The highest BCUT2D eigenvalue weighted by atomic mass is 32.2. The number of fused-ring (bicyclic) bond motifs is 1. The van der Waals surface area contributed by atoms with Crippen LogP contribution in [0.2, 0.25) is 0 Å². The number of nitrogens with zero attached hydrogens (tertiary/aromatic N) is 2. The first kappa shape index (κ1) is 19.8. The summed E-state index contributed by atoms with van der Waals surface area (Å²) in [5, 5.41) is 2.73. The number of aromatic nitrogens is 1. The van der Waals surface area contributed by atoms with Gasteiger partial charge in [-0.05, 0) is 50.6 Å². The molecule has 9 heteroatoms. The number of carbonyl (C=O) groups is 2. The van der Waals surface area contributed by atoms with Gasteiger partial charge in [0.05, 0.1) is 12.2 Å². The second-order valence-corrected chi connectivity index (χ2v) is 8.31. The van der Waals surface area contributed by atoms with Crippen LogP contribution in [0.4, 0.5) is 0 Å². The Bertz CT molecular complexity index is 1030. The Labute approximate surface area is 163 Å². The lowest BCUT2D eigenvalue weighted by atomic mass is 10.1. The number of carbonyl (C=O) groups excluding carboxylic acids is 2. The molecule has 8 nitrogen and oxygen atoms in total. The van der Waals surface area contributed by atoms with Gasteiger partial charge in [-0.15, -0.1) is 0 Å². The first-order valence-corrected chi connectivity index (χ1v) is 10.3. The van der Waals surface area contributed by atoms with Crippen molar-refractivity contribution in [3.05, 3.63) is 53.2 Å². The number of hydrogen-bond donors (Lipinski definition) is 1. The molecule has 0 unspecified atom stereocenters. The minimum Gasteiger partial charge on any atom is -0.478 e. The highest BCUT2D eigenvalue weighted by Crippen LogP contribution is 2.32. The van der Waals surface area contributed by atoms with E-state index in [4.69, 9.17) is 4.74 Å². The molecule has 0 fully saturated rings. The second-order valence-electron chi connectivity index (χ2n) is 6.53. The van der Waals surface area contributed by atoms with Gasteiger partial charge in [0.1, 0.15) is 4.90 Å². The number of nitrogens with one attached hydrogen (secondary N) is 1. The van der Waals surface area contributed by atoms with Crippen molar-refractivity contribution in [3.8, 4) is 5.88 Å². The molecule has 1 N–H and O–H groups in total. The summed E-state index contributed by atoms with van der Waals surface area (Å²) in [6, 6.07) is 7.03. The molecular weight excluding hydrogens is 382 g/mol. The minimum absolute atomic E-state index is 0.0840. The summed E-state index contributed by atoms with van der Waals surface area (Å²) < 4.78 is 31.4. The molecule has 0 aliphatic carbocycles. The summed E-state index contributed by atoms with van der Waals surface area (Å²) in [5.74, 6) is -0.550. The van der Waals surface area contributed by atoms with E-state index >= 15 is 0 Å². The molecule has 0 saturated carbocycles. The van der Waals surface area contributed by atoms with Crippen LogP contribution in [0.15, 0.2) is 41.4 Å². The SMILES string of the molecule is CCOc1cc(CNC(=O)c2ccc3c(c2)S(=O)(=O)N(C(C)C)C3=O)ccn1. The van der Waals surface area contributed by atoms with Crippen LogP contribution in [0.3, 0.4) is 0 Å². The molecule has 2 heterocycles. The molecule has 0 bridgehead atoms. The van der Waals surface area contributed by atoms with E-state index in [1.54, 1.807) is 32.2 Å². The largest absolute Gasteiger partial charge is 0.478 e. The number of rotatable bonds is 6. The lowest BCUT2D eigenvalue weighted by Crippen LogP contribution is -2.36. The van der Waals surface area contributed by atoms with E-state index in [0.717, 1.165) is 9.87 Å². The fourth-order valence-electron chi connectivity index (χ4n) is 2.97. The molecule has 0 spiro atoms. The van der Waals surface area contributed by atoms with Crippen LogP contribution < -0.4 is 10.1 Å². The van der Waals surface area contributed by atoms with Crippen LogP contribution in [0.25, 0.3) is 0 Å². The van der Waals surface area contributed by atoms with Crippen molar-refractivity contribution >= 4 is 21.8 Å². The molecule has 0 atom stereocenters. The Morgan fingerprint density at radius 1 is 1.25 bits per heavy atom. The van der Waals surface area contributed by atoms with Crippen LogP contribution >= 0.6 is 0 Å². The molecule has 0 radical (unpaired) electrons. The summed E-state index contributed by atoms with van der Waals surface area (Å²) >= 11 is 0. The highest BCUT2D eigenvalue weighted by Gasteiger charge is 2.42. The smallest absolute Gasteiger partial charge is 0.269 e. The van der Waals surface area contributed by atoms with Gasteiger partial charge in [-0.2, -0.15) is 0 Å². The van der Waals surface area contributed by atoms with E-state index in [9.17, 15) is 18.0 Å². The van der Waals surface area contributed by atoms with Gasteiger partial charge < -0.3 is 10.1 Å². The Hall–Kier alpha value is -2.94. The van der Waals surface area contributed by atoms with Crippen LogP contribution in [-0.4, -0.2) is 42.2 Å². The average Bonchev–Trinajstić information content (AvgIpc) is 2.85. The van der Waals surface area contributed by atoms with E-state index in [0.29, 0.717) is 12.5 Å². The third kappa shape index (κ3) is 3.57. The average molecular weight is 403 g/mol. The molecule has 1 aliphatic rings. The maximum atomic E-state index is 12.6. The van der Waals surface area contributed by atoms with E-state index in [-0.39, 0.29) is 22.6 Å². The van der Waals surface area contributed by atoms with Crippen molar-refractivity contribution in [2.45, 2.75) is 38.3 Å². The van der Waals surface area contributed by atoms with Gasteiger partial charge in [-0.1, -0.05) is 0 Å². The van der Waals surface area contributed by atoms with E-state index < -0.39 is 27.9 Å². The molecule has 1 aliphatic heterocycles. The van der Waals surface area contributed by atoms with Gasteiger partial charge in [0.2, 0.25) is 5.88 Å². The van der Waals surface area contributed by atoms with Gasteiger partial charge in [-0.25, -0.2) is 17.7 Å². The van der Waals surface area contributed by atoms with Gasteiger partial charge in [0.15, 0.2) is 0 Å². The summed E-state index contributed by atoms with van der Waals surface area (Å²) in [5.41, 5.74) is 1.04. The quantitative estimate of drug-likeness (QED) is 0.790. The van der Waals surface area contributed by atoms with E-state index in [2.05, 4.69) is 10.3 Å². The zero-order valence-electron chi connectivity index (χ0n) is 15.8. The van der Waals surface area contributed by atoms with Crippen molar-refractivity contribution in [3.63, 3.8) is 0 Å². The van der Waals surface area contributed by atoms with Crippen molar-refractivity contribution in [2.24, 2.45) is 0 Å². The third-order valence-corrected chi connectivity index (χ3v) is 6.22. The fourth-order valence-corrected chi connectivity index (χ4v) is 4.76. The van der Waals surface area contributed by atoms with Crippen molar-refractivity contribution < 1.29 is 22.7 Å². The van der Waals surface area contributed by atoms with Crippen LogP contribution in [0, 0.1) is 0 Å². The van der Waals surface area contributed by atoms with Gasteiger partial charge in [-0.3, -0.25) is 9.59 Å². The Kier molecular flexibility index (Phi) is 5.37. The third-order valence-electron chi connectivity index (χ3n) is 4.22. The number of hydrogen-bond acceptors (Lipinski definition) is 6. The van der Waals surface area contributed by atoms with Crippen LogP contribution in [0.5, 0.6) is 5.88 Å². The topological polar surface area (TPSA) is 106 Å². The molecule has 1 aromatic heterocycles. The summed E-state index contributed by atoms with van der Waals surface area (Å²) in [7, 11) is -3.95. The maximum absolute atomic E-state index is 12.6. The molecule has 2 amide bonds. The number of pyridine rings is 1. The number of ether oxygens (including phenoxy) is 1. The van der Waals surface area contributed by atoms with Gasteiger partial charge >= 0.3 is 0 Å². The molecule has 28 heavy (non-hydrogen) atoms. The lowest BCUT2D eigenvalue weighted by Gasteiger charge is -2.18. The Morgan fingerprint density at radius 3 is 2.68 bits per heavy atom. The second kappa shape index (κ2) is 7.59. The standard InChI is InChI=1S/C19H21N3O5S/c1-4-27-17-9-13(7-8-20-17)11-21-18(23)14-5-6-15-16(10-14)28(25,26)22(12(2)3)19(15)24/h5-10,12H,4,11H2,1-3H3,(H,21,23). The number of amides is 2. The normalized spacial score (nSPS) is 14.9. The molecule has 2 aromatic rings. The summed E-state index contributed by atoms with van der Waals surface area (Å²) in [4.78, 5) is 28.8. The van der Waals surface area contributed by atoms with E-state index in [1.807, 2.05) is 6.92 Å². The van der Waals surface area contributed by atoms with Crippen molar-refractivity contribution in [2.75, 3.05) is 6.61 Å². The molecule has 3 rings (SSSR count). The first-order chi connectivity index (χ1) is 13.3. The zero-order valence-corrected chi connectivity index (χ0v) is 16.6. The zero-order chi connectivity index (χ0) is 20.5. The van der Waals surface area contributed by atoms with Crippen LogP contribution in [-0.2, 0) is 16.6 Å². The van der Waals surface area contributed by atoms with Crippen molar-refractivity contribution in [1.29, 1.82) is 0 Å². The molecule has 0 saturated heterocycles. The molecular formula is C19H21N3O5S. The molecule has 1 aromatic carbocycles. The van der Waals surface area contributed by atoms with Gasteiger partial charge in [0, 0.05) is 30.4 Å². The monoisotopic (exact) mass is 403 g/mol. The summed E-state index contributed by atoms with van der Waals surface area (Å²) in [6.07, 6.45) is 1.58. The van der Waals surface area contributed by atoms with Crippen LogP contribution in [0.1, 0.15) is 47.1 Å². The fraction of sp³-hybridized carbons (Fsp3) is 0.316. The minimum atomic E-state index is -3.95. The maximum Gasteiger partial charge on any atom is 0.269 e.